The fourth-order valence-electron chi connectivity index (χ4n) is 2.38. The molecular formula is C17H13N5O2S. The summed E-state index contributed by atoms with van der Waals surface area (Å²) in [6, 6.07) is 10.7. The van der Waals surface area contributed by atoms with E-state index in [0.717, 1.165) is 11.3 Å². The van der Waals surface area contributed by atoms with E-state index in [1.165, 1.54) is 6.33 Å². The van der Waals surface area contributed by atoms with Gasteiger partial charge in [0.25, 0.3) is 0 Å². The van der Waals surface area contributed by atoms with Crippen LogP contribution in [0.2, 0.25) is 0 Å². The third-order valence-corrected chi connectivity index (χ3v) is 4.77. The largest absolute Gasteiger partial charge is 0.284 e. The minimum absolute atomic E-state index is 0.139. The van der Waals surface area contributed by atoms with Crippen LogP contribution in [0.15, 0.2) is 42.9 Å². The van der Waals surface area contributed by atoms with Gasteiger partial charge in [-0.2, -0.15) is 5.26 Å². The number of terminal acetylenes is 1. The van der Waals surface area contributed by atoms with E-state index in [1.54, 1.807) is 34.9 Å². The third-order valence-electron chi connectivity index (χ3n) is 3.48. The van der Waals surface area contributed by atoms with Crippen LogP contribution >= 0.6 is 0 Å². The van der Waals surface area contributed by atoms with E-state index < -0.39 is 10.0 Å². The van der Waals surface area contributed by atoms with E-state index in [2.05, 4.69) is 20.6 Å². The first-order valence-electron chi connectivity index (χ1n) is 7.30. The number of nitrogens with one attached hydrogen (secondary N) is 1. The lowest BCUT2D eigenvalue weighted by Gasteiger charge is -2.10. The Balaban J connectivity index is 1.99. The fraction of sp³-hybridized carbons (Fsp3) is 0.118. The Hall–Kier alpha value is -3.36. The molecule has 0 bridgehead atoms. The molecule has 0 aliphatic carbocycles. The Kier molecular flexibility index (Phi) is 4.38. The first-order chi connectivity index (χ1) is 12.0. The van der Waals surface area contributed by atoms with Crippen LogP contribution in [0.25, 0.3) is 16.9 Å². The van der Waals surface area contributed by atoms with Crippen LogP contribution in [-0.2, 0) is 10.0 Å². The predicted molar refractivity (Wildman–Crippen MR) is 94.0 cm³/mol. The molecule has 0 atom stereocenters. The number of fused-ring (bicyclic) bond motifs is 1. The molecule has 3 aromatic rings. The Morgan fingerprint density at radius 1 is 1.28 bits per heavy atom. The predicted octanol–water partition coefficient (Wildman–Crippen LogP) is 2.03. The van der Waals surface area contributed by atoms with Crippen molar-refractivity contribution in [2.24, 2.45) is 0 Å². The number of nitrogens with zero attached hydrogens (tertiary/aromatic N) is 4. The number of anilines is 1. The average molecular weight is 351 g/mol. The smallest absolute Gasteiger partial charge is 0.233 e. The van der Waals surface area contributed by atoms with E-state index in [1.807, 2.05) is 12.1 Å². The van der Waals surface area contributed by atoms with E-state index in [9.17, 15) is 8.42 Å². The molecular weight excluding hydrogens is 338 g/mol. The minimum atomic E-state index is -3.51. The maximum atomic E-state index is 12.0. The molecule has 1 N–H and O–H groups in total. The molecule has 0 spiro atoms. The number of rotatable bonds is 5. The summed E-state index contributed by atoms with van der Waals surface area (Å²) >= 11 is 0. The molecule has 1 aromatic carbocycles. The molecule has 0 amide bonds. The van der Waals surface area contributed by atoms with Gasteiger partial charge in [-0.05, 0) is 18.2 Å². The van der Waals surface area contributed by atoms with Crippen molar-refractivity contribution in [1.82, 2.24) is 14.4 Å². The molecule has 8 heteroatoms. The highest BCUT2D eigenvalue weighted by atomic mass is 32.2. The summed E-state index contributed by atoms with van der Waals surface area (Å²) in [6.07, 6.45) is 8.35. The average Bonchev–Trinajstić information content (AvgIpc) is 3.03. The summed E-state index contributed by atoms with van der Waals surface area (Å²) < 4.78 is 28.2. The summed E-state index contributed by atoms with van der Waals surface area (Å²) in [5.41, 5.74) is 2.60. The molecule has 0 aliphatic heterocycles. The molecule has 0 saturated heterocycles. The van der Waals surface area contributed by atoms with Crippen LogP contribution < -0.4 is 4.72 Å². The van der Waals surface area contributed by atoms with Crippen molar-refractivity contribution in [3.05, 3.63) is 48.5 Å². The molecule has 0 aliphatic rings. The van der Waals surface area contributed by atoms with Crippen LogP contribution in [0.5, 0.6) is 0 Å². The molecule has 2 heterocycles. The van der Waals surface area contributed by atoms with Gasteiger partial charge in [-0.25, -0.2) is 18.4 Å². The summed E-state index contributed by atoms with van der Waals surface area (Å²) in [6.45, 7) is 0. The maximum Gasteiger partial charge on any atom is 0.233 e. The lowest BCUT2D eigenvalue weighted by Crippen LogP contribution is -2.16. The minimum Gasteiger partial charge on any atom is -0.284 e. The monoisotopic (exact) mass is 351 g/mol. The van der Waals surface area contributed by atoms with Crippen molar-refractivity contribution in [2.45, 2.75) is 6.42 Å². The number of nitriles is 1. The summed E-state index contributed by atoms with van der Waals surface area (Å²) in [5, 5.41) is 9.07. The normalized spacial score (nSPS) is 11.0. The molecule has 124 valence electrons. The van der Waals surface area contributed by atoms with Crippen LogP contribution in [0.1, 0.15) is 12.1 Å². The second kappa shape index (κ2) is 6.63. The van der Waals surface area contributed by atoms with Gasteiger partial charge in [-0.15, -0.1) is 12.3 Å². The van der Waals surface area contributed by atoms with Crippen LogP contribution in [-0.4, -0.2) is 28.5 Å². The van der Waals surface area contributed by atoms with Gasteiger partial charge in [0.05, 0.1) is 11.4 Å². The standard InChI is InChI=1S/C17H13N5O2S/c1-2-3-9-25(23,24)21-14-6-4-5-13(10-14)16-7-8-19-17-15(11-18)20-12-22(16)17/h1,4-8,10,12,21H,3,9H2. The highest BCUT2D eigenvalue weighted by Crippen LogP contribution is 2.24. The SMILES string of the molecule is C#CCCS(=O)(=O)Nc1cccc(-c2ccnc3c(C#N)ncn23)c1. The van der Waals surface area contributed by atoms with E-state index in [0.29, 0.717) is 11.3 Å². The second-order valence-corrected chi connectivity index (χ2v) is 7.03. The topological polar surface area (TPSA) is 100 Å². The molecule has 2 aromatic heterocycles. The van der Waals surface area contributed by atoms with E-state index >= 15 is 0 Å². The molecule has 7 nitrogen and oxygen atoms in total. The number of hydrogen-bond acceptors (Lipinski definition) is 5. The van der Waals surface area contributed by atoms with Crippen LogP contribution in [0.4, 0.5) is 5.69 Å². The van der Waals surface area contributed by atoms with Gasteiger partial charge in [0.1, 0.15) is 12.4 Å². The van der Waals surface area contributed by atoms with Crippen molar-refractivity contribution in [3.63, 3.8) is 0 Å². The van der Waals surface area contributed by atoms with Gasteiger partial charge in [0.15, 0.2) is 11.3 Å². The number of imidazole rings is 1. The van der Waals surface area contributed by atoms with Crippen LogP contribution in [0, 0.1) is 23.7 Å². The van der Waals surface area contributed by atoms with Crippen molar-refractivity contribution < 1.29 is 8.42 Å². The molecule has 0 unspecified atom stereocenters. The summed E-state index contributed by atoms with van der Waals surface area (Å²) in [4.78, 5) is 8.19. The summed E-state index contributed by atoms with van der Waals surface area (Å²) in [7, 11) is -3.51. The Labute approximate surface area is 145 Å². The number of aromatic nitrogens is 3. The zero-order chi connectivity index (χ0) is 17.9. The highest BCUT2D eigenvalue weighted by Gasteiger charge is 2.12. The Morgan fingerprint density at radius 2 is 2.12 bits per heavy atom. The van der Waals surface area contributed by atoms with Gasteiger partial charge in [0.2, 0.25) is 10.0 Å². The lowest BCUT2D eigenvalue weighted by atomic mass is 10.1. The van der Waals surface area contributed by atoms with Crippen molar-refractivity contribution in [3.8, 4) is 29.7 Å². The van der Waals surface area contributed by atoms with Crippen molar-refractivity contribution in [2.75, 3.05) is 10.5 Å². The van der Waals surface area contributed by atoms with Gasteiger partial charge in [-0.3, -0.25) is 9.12 Å². The Bertz CT molecular complexity index is 1120. The molecule has 0 saturated carbocycles. The van der Waals surface area contributed by atoms with E-state index in [-0.39, 0.29) is 17.9 Å². The van der Waals surface area contributed by atoms with Gasteiger partial charge >= 0.3 is 0 Å². The molecule has 0 radical (unpaired) electrons. The lowest BCUT2D eigenvalue weighted by molar-refractivity contribution is 0.601. The Morgan fingerprint density at radius 3 is 2.88 bits per heavy atom. The second-order valence-electron chi connectivity index (χ2n) is 5.18. The number of sulfonamides is 1. The van der Waals surface area contributed by atoms with E-state index in [4.69, 9.17) is 11.7 Å². The first-order valence-corrected chi connectivity index (χ1v) is 8.96. The number of hydrogen-bond donors (Lipinski definition) is 1. The number of benzene rings is 1. The van der Waals surface area contributed by atoms with Gasteiger partial charge in [-0.1, -0.05) is 12.1 Å². The van der Waals surface area contributed by atoms with Crippen molar-refractivity contribution in [1.29, 1.82) is 5.26 Å². The van der Waals surface area contributed by atoms with Gasteiger partial charge in [0, 0.05) is 23.9 Å². The summed E-state index contributed by atoms with van der Waals surface area (Å²) in [5.74, 6) is 2.17. The molecule has 3 rings (SSSR count). The van der Waals surface area contributed by atoms with Crippen molar-refractivity contribution >= 4 is 21.4 Å². The molecule has 25 heavy (non-hydrogen) atoms. The first kappa shape index (κ1) is 16.5. The zero-order valence-corrected chi connectivity index (χ0v) is 13.9. The van der Waals surface area contributed by atoms with Crippen LogP contribution in [0.3, 0.4) is 0 Å². The molecule has 0 fully saturated rings. The zero-order valence-electron chi connectivity index (χ0n) is 13.0. The van der Waals surface area contributed by atoms with Gasteiger partial charge < -0.3 is 0 Å². The highest BCUT2D eigenvalue weighted by molar-refractivity contribution is 7.92. The third kappa shape index (κ3) is 3.44. The maximum absolute atomic E-state index is 12.0. The fourth-order valence-corrected chi connectivity index (χ4v) is 3.36. The quantitative estimate of drug-likeness (QED) is 0.709.